The van der Waals surface area contributed by atoms with E-state index in [-0.39, 0.29) is 0 Å². The molecular formula is C14H14N2. The summed E-state index contributed by atoms with van der Waals surface area (Å²) in [5.74, 6) is 0. The molecule has 1 aromatic heterocycles. The van der Waals surface area contributed by atoms with Crippen molar-refractivity contribution in [2.24, 2.45) is 0 Å². The van der Waals surface area contributed by atoms with E-state index < -0.39 is 0 Å². The summed E-state index contributed by atoms with van der Waals surface area (Å²) in [7, 11) is 1.92. The predicted octanol–water partition coefficient (Wildman–Crippen LogP) is 3.29. The molecule has 1 N–H and O–H groups in total. The van der Waals surface area contributed by atoms with Gasteiger partial charge in [-0.15, -0.1) is 0 Å². The van der Waals surface area contributed by atoms with Crippen molar-refractivity contribution in [3.63, 3.8) is 0 Å². The Hall–Kier alpha value is -2.09. The van der Waals surface area contributed by atoms with E-state index in [2.05, 4.69) is 46.7 Å². The smallest absolute Gasteiger partial charge is 0.0340 e. The predicted molar refractivity (Wildman–Crippen MR) is 69.2 cm³/mol. The molecule has 0 aliphatic rings. The maximum atomic E-state index is 4.06. The van der Waals surface area contributed by atoms with Crippen molar-refractivity contribution in [2.45, 2.75) is 0 Å². The van der Waals surface area contributed by atoms with Crippen LogP contribution < -0.4 is 5.32 Å². The van der Waals surface area contributed by atoms with Gasteiger partial charge in [0.05, 0.1) is 0 Å². The van der Waals surface area contributed by atoms with Gasteiger partial charge in [-0.3, -0.25) is 4.98 Å². The molecule has 2 aromatic rings. The van der Waals surface area contributed by atoms with Gasteiger partial charge in [-0.2, -0.15) is 0 Å². The van der Waals surface area contributed by atoms with Crippen LogP contribution in [-0.2, 0) is 0 Å². The van der Waals surface area contributed by atoms with Crippen molar-refractivity contribution in [3.8, 4) is 0 Å². The topological polar surface area (TPSA) is 24.9 Å². The molecule has 0 unspecified atom stereocenters. The fraction of sp³-hybridized carbons (Fsp3) is 0.0714. The maximum absolute atomic E-state index is 4.06. The van der Waals surface area contributed by atoms with Crippen molar-refractivity contribution in [1.29, 1.82) is 0 Å². The molecule has 0 bridgehead atoms. The zero-order valence-corrected chi connectivity index (χ0v) is 9.22. The second-order valence-corrected chi connectivity index (χ2v) is 3.49. The molecular weight excluding hydrogens is 196 g/mol. The number of benzene rings is 1. The number of hydrogen-bond acceptors (Lipinski definition) is 2. The molecule has 0 fully saturated rings. The standard InChI is InChI=1S/C14H14N2/c1-15-14-8-6-12(7-9-14)4-5-13-3-2-10-16-11-13/h2-11,15H,1H3/b5-4+. The molecule has 2 rings (SSSR count). The van der Waals surface area contributed by atoms with Crippen LogP contribution in [0.4, 0.5) is 5.69 Å². The van der Waals surface area contributed by atoms with Gasteiger partial charge in [-0.1, -0.05) is 30.4 Å². The SMILES string of the molecule is CNc1ccc(/C=C/c2cccnc2)cc1. The zero-order valence-electron chi connectivity index (χ0n) is 9.22. The van der Waals surface area contributed by atoms with Gasteiger partial charge in [0.15, 0.2) is 0 Å². The lowest BCUT2D eigenvalue weighted by molar-refractivity contribution is 1.32. The van der Waals surface area contributed by atoms with E-state index in [1.54, 1.807) is 6.20 Å². The molecule has 1 heterocycles. The minimum atomic E-state index is 1.11. The van der Waals surface area contributed by atoms with Crippen molar-refractivity contribution in [1.82, 2.24) is 4.98 Å². The highest BCUT2D eigenvalue weighted by molar-refractivity contribution is 5.69. The monoisotopic (exact) mass is 210 g/mol. The third-order valence-electron chi connectivity index (χ3n) is 2.35. The Morgan fingerprint density at radius 3 is 2.38 bits per heavy atom. The Bertz CT molecular complexity index is 458. The van der Waals surface area contributed by atoms with Crippen LogP contribution in [0.3, 0.4) is 0 Å². The Morgan fingerprint density at radius 2 is 1.75 bits per heavy atom. The first kappa shape index (κ1) is 10.4. The summed E-state index contributed by atoms with van der Waals surface area (Å²) in [6.45, 7) is 0. The molecule has 0 saturated heterocycles. The van der Waals surface area contributed by atoms with Crippen molar-refractivity contribution in [2.75, 3.05) is 12.4 Å². The average Bonchev–Trinajstić information content (AvgIpc) is 2.38. The second-order valence-electron chi connectivity index (χ2n) is 3.49. The van der Waals surface area contributed by atoms with Crippen molar-refractivity contribution < 1.29 is 0 Å². The molecule has 1 aromatic carbocycles. The third kappa shape index (κ3) is 2.70. The lowest BCUT2D eigenvalue weighted by atomic mass is 10.1. The van der Waals surface area contributed by atoms with Gasteiger partial charge < -0.3 is 5.32 Å². The van der Waals surface area contributed by atoms with E-state index in [4.69, 9.17) is 0 Å². The minimum absolute atomic E-state index is 1.11. The van der Waals surface area contributed by atoms with Crippen molar-refractivity contribution >= 4 is 17.8 Å². The molecule has 0 amide bonds. The normalized spacial score (nSPS) is 10.6. The Balaban J connectivity index is 2.12. The van der Waals surface area contributed by atoms with E-state index in [1.165, 1.54) is 5.56 Å². The van der Waals surface area contributed by atoms with E-state index in [1.807, 2.05) is 25.4 Å². The van der Waals surface area contributed by atoms with Crippen LogP contribution in [0.2, 0.25) is 0 Å². The fourth-order valence-corrected chi connectivity index (χ4v) is 1.43. The summed E-state index contributed by atoms with van der Waals surface area (Å²) in [6.07, 6.45) is 7.76. The van der Waals surface area contributed by atoms with Gasteiger partial charge >= 0.3 is 0 Å². The summed E-state index contributed by atoms with van der Waals surface area (Å²) in [6, 6.07) is 12.2. The Morgan fingerprint density at radius 1 is 1.00 bits per heavy atom. The maximum Gasteiger partial charge on any atom is 0.0340 e. The highest BCUT2D eigenvalue weighted by Gasteiger charge is 1.89. The van der Waals surface area contributed by atoms with Crippen LogP contribution in [0, 0.1) is 0 Å². The van der Waals surface area contributed by atoms with Gasteiger partial charge in [0, 0.05) is 25.1 Å². The first-order chi connectivity index (χ1) is 7.88. The van der Waals surface area contributed by atoms with E-state index in [9.17, 15) is 0 Å². The number of pyridine rings is 1. The minimum Gasteiger partial charge on any atom is -0.388 e. The molecule has 0 radical (unpaired) electrons. The van der Waals surface area contributed by atoms with Gasteiger partial charge in [-0.25, -0.2) is 0 Å². The molecule has 2 nitrogen and oxygen atoms in total. The van der Waals surface area contributed by atoms with Crippen molar-refractivity contribution in [3.05, 3.63) is 59.9 Å². The lowest BCUT2D eigenvalue weighted by Gasteiger charge is -1.99. The van der Waals surface area contributed by atoms with Crippen LogP contribution in [0.1, 0.15) is 11.1 Å². The van der Waals surface area contributed by atoms with E-state index >= 15 is 0 Å². The molecule has 0 saturated carbocycles. The molecule has 0 spiro atoms. The van der Waals surface area contributed by atoms with Crippen LogP contribution in [0.25, 0.3) is 12.2 Å². The average molecular weight is 210 g/mol. The van der Waals surface area contributed by atoms with Crippen LogP contribution >= 0.6 is 0 Å². The van der Waals surface area contributed by atoms with Gasteiger partial charge in [0.1, 0.15) is 0 Å². The zero-order chi connectivity index (χ0) is 11.2. The molecule has 2 heteroatoms. The lowest BCUT2D eigenvalue weighted by Crippen LogP contribution is -1.86. The first-order valence-corrected chi connectivity index (χ1v) is 5.24. The third-order valence-corrected chi connectivity index (χ3v) is 2.35. The van der Waals surface area contributed by atoms with E-state index in [0.717, 1.165) is 11.3 Å². The molecule has 0 atom stereocenters. The number of nitrogens with one attached hydrogen (secondary N) is 1. The highest BCUT2D eigenvalue weighted by Crippen LogP contribution is 2.11. The molecule has 0 aliphatic heterocycles. The molecule has 0 aliphatic carbocycles. The number of nitrogens with zero attached hydrogens (tertiary/aromatic N) is 1. The van der Waals surface area contributed by atoms with E-state index in [0.29, 0.717) is 0 Å². The first-order valence-electron chi connectivity index (χ1n) is 5.24. The number of aromatic nitrogens is 1. The summed E-state index contributed by atoms with van der Waals surface area (Å²) in [4.78, 5) is 4.06. The number of anilines is 1. The van der Waals surface area contributed by atoms with Gasteiger partial charge in [0.2, 0.25) is 0 Å². The summed E-state index contributed by atoms with van der Waals surface area (Å²) in [5.41, 5.74) is 3.42. The van der Waals surface area contributed by atoms with Gasteiger partial charge in [-0.05, 0) is 29.3 Å². The molecule has 16 heavy (non-hydrogen) atoms. The second kappa shape index (κ2) is 5.12. The molecule has 80 valence electrons. The summed E-state index contributed by atoms with van der Waals surface area (Å²) in [5, 5.41) is 3.09. The van der Waals surface area contributed by atoms with Crippen LogP contribution in [0.5, 0.6) is 0 Å². The summed E-state index contributed by atoms with van der Waals surface area (Å²) < 4.78 is 0. The fourth-order valence-electron chi connectivity index (χ4n) is 1.43. The highest BCUT2D eigenvalue weighted by atomic mass is 14.8. The van der Waals surface area contributed by atoms with Crippen LogP contribution in [0.15, 0.2) is 48.8 Å². The Kier molecular flexibility index (Phi) is 3.34. The number of rotatable bonds is 3. The number of hydrogen-bond donors (Lipinski definition) is 1. The van der Waals surface area contributed by atoms with Crippen LogP contribution in [-0.4, -0.2) is 12.0 Å². The quantitative estimate of drug-likeness (QED) is 0.840. The largest absolute Gasteiger partial charge is 0.388 e. The Labute approximate surface area is 95.7 Å². The summed E-state index contributed by atoms with van der Waals surface area (Å²) >= 11 is 0. The van der Waals surface area contributed by atoms with Gasteiger partial charge in [0.25, 0.3) is 0 Å².